The van der Waals surface area contributed by atoms with Crippen molar-refractivity contribution in [1.29, 1.82) is 0 Å². The number of rotatable bonds is 2. The Balaban J connectivity index is 0. The van der Waals surface area contributed by atoms with E-state index in [2.05, 4.69) is 26.0 Å². The largest absolute Gasteiger partial charge is 0.0888 e. The second-order valence-electron chi connectivity index (χ2n) is 1.29. The van der Waals surface area contributed by atoms with Gasteiger partial charge in [0.2, 0.25) is 0 Å². The van der Waals surface area contributed by atoms with Gasteiger partial charge in [-0.05, 0) is 12.8 Å². The molecule has 0 aliphatic rings. The lowest BCUT2D eigenvalue weighted by Crippen LogP contribution is -1.51. The lowest BCUT2D eigenvalue weighted by molar-refractivity contribution is 1.16. The number of allylic oxidation sites excluding steroid dienone is 2. The van der Waals surface area contributed by atoms with E-state index in [0.29, 0.717) is 0 Å². The predicted molar refractivity (Wildman–Crippen MR) is 41.1 cm³/mol. The molecular formula is C8H18. The SMILES string of the molecule is CC.CC/C=C\CC. The molecule has 0 aromatic heterocycles. The lowest BCUT2D eigenvalue weighted by Gasteiger charge is -1.72. The monoisotopic (exact) mass is 114 g/mol. The zero-order chi connectivity index (χ0) is 6.83. The quantitative estimate of drug-likeness (QED) is 0.483. The third kappa shape index (κ3) is 17.2. The van der Waals surface area contributed by atoms with Crippen LogP contribution in [0.4, 0.5) is 0 Å². The second-order valence-corrected chi connectivity index (χ2v) is 1.29. The molecule has 0 fully saturated rings. The molecule has 50 valence electrons. The highest BCUT2D eigenvalue weighted by Crippen LogP contribution is 1.81. The third-order valence-corrected chi connectivity index (χ3v) is 0.638. The topological polar surface area (TPSA) is 0 Å². The normalized spacial score (nSPS) is 8.50. The highest BCUT2D eigenvalue weighted by atomic mass is 13.7. The molecule has 0 saturated heterocycles. The fourth-order valence-electron chi connectivity index (χ4n) is 0.333. The molecular weight excluding hydrogens is 96.1 g/mol. The summed E-state index contributed by atoms with van der Waals surface area (Å²) < 4.78 is 0. The zero-order valence-electron chi connectivity index (χ0n) is 6.57. The van der Waals surface area contributed by atoms with Crippen LogP contribution >= 0.6 is 0 Å². The second kappa shape index (κ2) is 15.9. The summed E-state index contributed by atoms with van der Waals surface area (Å²) in [5.74, 6) is 0. The summed E-state index contributed by atoms with van der Waals surface area (Å²) >= 11 is 0. The van der Waals surface area contributed by atoms with Gasteiger partial charge in [0.25, 0.3) is 0 Å². The highest BCUT2D eigenvalue weighted by Gasteiger charge is 1.60. The van der Waals surface area contributed by atoms with Crippen LogP contribution in [0.1, 0.15) is 40.5 Å². The summed E-state index contributed by atoms with van der Waals surface area (Å²) in [6.45, 7) is 8.29. The van der Waals surface area contributed by atoms with Crippen LogP contribution < -0.4 is 0 Å². The molecule has 0 bridgehead atoms. The Morgan fingerprint density at radius 1 is 0.875 bits per heavy atom. The Morgan fingerprint density at radius 2 is 1.12 bits per heavy atom. The average Bonchev–Trinajstić information content (AvgIpc) is 1.88. The van der Waals surface area contributed by atoms with Crippen molar-refractivity contribution in [3.05, 3.63) is 12.2 Å². The fraction of sp³-hybridized carbons (Fsp3) is 0.750. The molecule has 8 heavy (non-hydrogen) atoms. The van der Waals surface area contributed by atoms with Crippen LogP contribution in [0, 0.1) is 0 Å². The Hall–Kier alpha value is -0.260. The Kier molecular flexibility index (Phi) is 21.2. The smallest absolute Gasteiger partial charge is 0.0379 e. The van der Waals surface area contributed by atoms with Crippen LogP contribution in [0.25, 0.3) is 0 Å². The molecule has 0 spiro atoms. The molecule has 0 aliphatic carbocycles. The molecule has 0 saturated carbocycles. The minimum Gasteiger partial charge on any atom is -0.0888 e. The fourth-order valence-corrected chi connectivity index (χ4v) is 0.333. The van der Waals surface area contributed by atoms with Crippen molar-refractivity contribution in [2.75, 3.05) is 0 Å². The highest BCUT2D eigenvalue weighted by molar-refractivity contribution is 4.77. The summed E-state index contributed by atoms with van der Waals surface area (Å²) in [5, 5.41) is 0. The van der Waals surface area contributed by atoms with E-state index in [4.69, 9.17) is 0 Å². The molecule has 0 heteroatoms. The summed E-state index contributed by atoms with van der Waals surface area (Å²) in [6.07, 6.45) is 6.71. The van der Waals surface area contributed by atoms with Gasteiger partial charge in [-0.3, -0.25) is 0 Å². The zero-order valence-corrected chi connectivity index (χ0v) is 6.57. The summed E-state index contributed by atoms with van der Waals surface area (Å²) in [6, 6.07) is 0. The van der Waals surface area contributed by atoms with Crippen molar-refractivity contribution in [2.45, 2.75) is 40.5 Å². The van der Waals surface area contributed by atoms with Crippen molar-refractivity contribution in [3.63, 3.8) is 0 Å². The van der Waals surface area contributed by atoms with Crippen molar-refractivity contribution >= 4 is 0 Å². The predicted octanol–water partition coefficient (Wildman–Crippen LogP) is 3.39. The third-order valence-electron chi connectivity index (χ3n) is 0.638. The van der Waals surface area contributed by atoms with E-state index in [-0.39, 0.29) is 0 Å². The molecule has 0 atom stereocenters. The van der Waals surface area contributed by atoms with Gasteiger partial charge in [-0.15, -0.1) is 0 Å². The molecule has 0 aromatic rings. The van der Waals surface area contributed by atoms with Crippen LogP contribution in [0.2, 0.25) is 0 Å². The van der Waals surface area contributed by atoms with Gasteiger partial charge in [0.05, 0.1) is 0 Å². The van der Waals surface area contributed by atoms with Gasteiger partial charge in [-0.1, -0.05) is 39.8 Å². The van der Waals surface area contributed by atoms with Gasteiger partial charge < -0.3 is 0 Å². The molecule has 0 amide bonds. The van der Waals surface area contributed by atoms with Crippen molar-refractivity contribution in [2.24, 2.45) is 0 Å². The Labute approximate surface area is 53.6 Å². The van der Waals surface area contributed by atoms with Gasteiger partial charge >= 0.3 is 0 Å². The molecule has 0 N–H and O–H groups in total. The van der Waals surface area contributed by atoms with Gasteiger partial charge in [0.15, 0.2) is 0 Å². The Morgan fingerprint density at radius 3 is 1.25 bits per heavy atom. The maximum absolute atomic E-state index is 2.18. The standard InChI is InChI=1S/C6H12.C2H6/c1-3-5-6-4-2;1-2/h5-6H,3-4H2,1-2H3;1-2H3/b6-5-;. The van der Waals surface area contributed by atoms with E-state index in [1.807, 2.05) is 13.8 Å². The summed E-state index contributed by atoms with van der Waals surface area (Å²) in [5.41, 5.74) is 0. The van der Waals surface area contributed by atoms with Crippen molar-refractivity contribution in [1.82, 2.24) is 0 Å². The van der Waals surface area contributed by atoms with E-state index in [0.717, 1.165) is 0 Å². The average molecular weight is 114 g/mol. The van der Waals surface area contributed by atoms with Crippen LogP contribution in [0.5, 0.6) is 0 Å². The first-order valence-corrected chi connectivity index (χ1v) is 3.56. The van der Waals surface area contributed by atoms with Crippen LogP contribution in [0.15, 0.2) is 12.2 Å². The first-order valence-electron chi connectivity index (χ1n) is 3.56. The molecule has 0 radical (unpaired) electrons. The molecule has 0 aliphatic heterocycles. The molecule has 0 nitrogen and oxygen atoms in total. The summed E-state index contributed by atoms with van der Waals surface area (Å²) in [7, 11) is 0. The molecule has 0 unspecified atom stereocenters. The number of hydrogen-bond acceptors (Lipinski definition) is 0. The molecule has 0 heterocycles. The first-order chi connectivity index (χ1) is 3.91. The first kappa shape index (κ1) is 10.7. The minimum atomic E-state index is 1.17. The van der Waals surface area contributed by atoms with E-state index in [1.54, 1.807) is 0 Å². The van der Waals surface area contributed by atoms with Crippen molar-refractivity contribution in [3.8, 4) is 0 Å². The lowest BCUT2D eigenvalue weighted by atomic mass is 10.4. The molecule has 0 rings (SSSR count). The van der Waals surface area contributed by atoms with Gasteiger partial charge in [0, 0.05) is 0 Å². The molecule has 0 aromatic carbocycles. The van der Waals surface area contributed by atoms with E-state index >= 15 is 0 Å². The van der Waals surface area contributed by atoms with Gasteiger partial charge in [-0.2, -0.15) is 0 Å². The van der Waals surface area contributed by atoms with E-state index < -0.39 is 0 Å². The van der Waals surface area contributed by atoms with E-state index in [9.17, 15) is 0 Å². The van der Waals surface area contributed by atoms with E-state index in [1.165, 1.54) is 12.8 Å². The Bertz CT molecular complexity index is 29.3. The van der Waals surface area contributed by atoms with Crippen LogP contribution in [0.3, 0.4) is 0 Å². The maximum atomic E-state index is 2.18. The van der Waals surface area contributed by atoms with Crippen LogP contribution in [-0.2, 0) is 0 Å². The maximum Gasteiger partial charge on any atom is -0.0379 e. The van der Waals surface area contributed by atoms with Gasteiger partial charge in [0.1, 0.15) is 0 Å². The van der Waals surface area contributed by atoms with Gasteiger partial charge in [-0.25, -0.2) is 0 Å². The van der Waals surface area contributed by atoms with Crippen LogP contribution in [-0.4, -0.2) is 0 Å². The van der Waals surface area contributed by atoms with Crippen molar-refractivity contribution < 1.29 is 0 Å². The minimum absolute atomic E-state index is 1.17. The summed E-state index contributed by atoms with van der Waals surface area (Å²) in [4.78, 5) is 0. The number of hydrogen-bond donors (Lipinski definition) is 0.